The van der Waals surface area contributed by atoms with Crippen molar-refractivity contribution in [3.8, 4) is 0 Å². The van der Waals surface area contributed by atoms with Crippen LogP contribution in [0.1, 0.15) is 22.3 Å². The summed E-state index contributed by atoms with van der Waals surface area (Å²) in [5.41, 5.74) is 2.49. The number of para-hydroxylation sites is 1. The van der Waals surface area contributed by atoms with Crippen LogP contribution in [-0.4, -0.2) is 23.3 Å². The number of aromatic nitrogens is 1. The molecule has 0 unspecified atom stereocenters. The molecule has 0 bridgehead atoms. The predicted octanol–water partition coefficient (Wildman–Crippen LogP) is 3.36. The van der Waals surface area contributed by atoms with Crippen LogP contribution in [0.2, 0.25) is 0 Å². The van der Waals surface area contributed by atoms with E-state index in [0.717, 1.165) is 15.8 Å². The Morgan fingerprint density at radius 3 is 2.75 bits per heavy atom. The van der Waals surface area contributed by atoms with Crippen molar-refractivity contribution in [1.82, 2.24) is 10.3 Å². The Balaban J connectivity index is 1.49. The van der Waals surface area contributed by atoms with E-state index in [9.17, 15) is 9.59 Å². The van der Waals surface area contributed by atoms with Gasteiger partial charge in [-0.3, -0.25) is 9.59 Å². The van der Waals surface area contributed by atoms with E-state index in [-0.39, 0.29) is 24.8 Å². The van der Waals surface area contributed by atoms with Crippen LogP contribution in [0.15, 0.2) is 48.5 Å². The maximum absolute atomic E-state index is 12.0. The number of fused-ring (bicyclic) bond motifs is 1. The van der Waals surface area contributed by atoms with E-state index in [0.29, 0.717) is 10.7 Å². The van der Waals surface area contributed by atoms with Crippen molar-refractivity contribution in [3.05, 3.63) is 59.7 Å². The van der Waals surface area contributed by atoms with Gasteiger partial charge in [0.05, 0.1) is 10.2 Å². The lowest BCUT2D eigenvalue weighted by Crippen LogP contribution is -2.27. The Morgan fingerprint density at radius 2 is 1.96 bits per heavy atom. The number of rotatable bonds is 5. The maximum Gasteiger partial charge on any atom is 0.251 e. The number of carbonyl (C=O) groups is 2. The highest BCUT2D eigenvalue weighted by atomic mass is 32.1. The first-order chi connectivity index (χ1) is 11.6. The fourth-order valence-corrected chi connectivity index (χ4v) is 3.17. The van der Waals surface area contributed by atoms with Crippen molar-refractivity contribution in [3.63, 3.8) is 0 Å². The van der Waals surface area contributed by atoms with Crippen LogP contribution in [0.25, 0.3) is 10.2 Å². The molecular formula is C18H17N3O2S. The van der Waals surface area contributed by atoms with Crippen molar-refractivity contribution in [1.29, 1.82) is 0 Å². The van der Waals surface area contributed by atoms with Gasteiger partial charge in [0.25, 0.3) is 5.91 Å². The number of amides is 2. The SMILES string of the molecule is Cc1cccc(C(=O)NCCC(=O)Nc2nc3ccccc3s2)c1. The number of anilines is 1. The van der Waals surface area contributed by atoms with Gasteiger partial charge in [-0.1, -0.05) is 41.2 Å². The standard InChI is InChI=1S/C18H17N3O2S/c1-12-5-4-6-13(11-12)17(23)19-10-9-16(22)21-18-20-14-7-2-3-8-15(14)24-18/h2-8,11H,9-10H2,1H3,(H,19,23)(H,20,21,22). The van der Waals surface area contributed by atoms with E-state index in [1.54, 1.807) is 6.07 Å². The van der Waals surface area contributed by atoms with Gasteiger partial charge in [0.1, 0.15) is 0 Å². The number of hydrogen-bond acceptors (Lipinski definition) is 4. The number of nitrogens with zero attached hydrogens (tertiary/aromatic N) is 1. The fraction of sp³-hybridized carbons (Fsp3) is 0.167. The van der Waals surface area contributed by atoms with Crippen LogP contribution in [-0.2, 0) is 4.79 Å². The summed E-state index contributed by atoms with van der Waals surface area (Å²) in [6.45, 7) is 2.21. The molecule has 3 rings (SSSR count). The molecule has 5 nitrogen and oxygen atoms in total. The molecular weight excluding hydrogens is 322 g/mol. The van der Waals surface area contributed by atoms with Gasteiger partial charge in [0.2, 0.25) is 5.91 Å². The van der Waals surface area contributed by atoms with Crippen molar-refractivity contribution >= 4 is 38.5 Å². The van der Waals surface area contributed by atoms with Crippen LogP contribution in [0, 0.1) is 6.92 Å². The van der Waals surface area contributed by atoms with E-state index < -0.39 is 0 Å². The first-order valence-electron chi connectivity index (χ1n) is 7.62. The van der Waals surface area contributed by atoms with E-state index in [4.69, 9.17) is 0 Å². The summed E-state index contributed by atoms with van der Waals surface area (Å²) in [6.07, 6.45) is 0.202. The van der Waals surface area contributed by atoms with Crippen molar-refractivity contribution in [2.75, 3.05) is 11.9 Å². The second-order valence-electron chi connectivity index (χ2n) is 5.41. The largest absolute Gasteiger partial charge is 0.352 e. The average Bonchev–Trinajstić information content (AvgIpc) is 2.96. The Morgan fingerprint density at radius 1 is 1.12 bits per heavy atom. The number of aryl methyl sites for hydroxylation is 1. The van der Waals surface area contributed by atoms with E-state index in [1.165, 1.54) is 11.3 Å². The van der Waals surface area contributed by atoms with Gasteiger partial charge in [-0.2, -0.15) is 0 Å². The molecule has 0 fully saturated rings. The Kier molecular flexibility index (Phi) is 4.86. The summed E-state index contributed by atoms with van der Waals surface area (Å²) in [5, 5.41) is 6.10. The van der Waals surface area contributed by atoms with E-state index in [1.807, 2.05) is 49.4 Å². The lowest BCUT2D eigenvalue weighted by molar-refractivity contribution is -0.116. The molecule has 24 heavy (non-hydrogen) atoms. The van der Waals surface area contributed by atoms with Crippen molar-refractivity contribution in [2.45, 2.75) is 13.3 Å². The topological polar surface area (TPSA) is 71.1 Å². The molecule has 1 aromatic heterocycles. The third kappa shape index (κ3) is 3.97. The molecule has 0 saturated heterocycles. The highest BCUT2D eigenvalue weighted by molar-refractivity contribution is 7.22. The van der Waals surface area contributed by atoms with Crippen LogP contribution in [0.3, 0.4) is 0 Å². The minimum atomic E-state index is -0.175. The lowest BCUT2D eigenvalue weighted by atomic mass is 10.1. The zero-order valence-corrected chi connectivity index (χ0v) is 14.0. The summed E-state index contributed by atoms with van der Waals surface area (Å²) >= 11 is 1.43. The van der Waals surface area contributed by atoms with Gasteiger partial charge in [-0.15, -0.1) is 0 Å². The average molecular weight is 339 g/mol. The van der Waals surface area contributed by atoms with Gasteiger partial charge >= 0.3 is 0 Å². The fourth-order valence-electron chi connectivity index (χ4n) is 2.29. The number of hydrogen-bond donors (Lipinski definition) is 2. The molecule has 2 N–H and O–H groups in total. The summed E-state index contributed by atoms with van der Waals surface area (Å²) in [4.78, 5) is 28.3. The van der Waals surface area contributed by atoms with Gasteiger partial charge in [-0.25, -0.2) is 4.98 Å². The monoisotopic (exact) mass is 339 g/mol. The van der Waals surface area contributed by atoms with Crippen LogP contribution >= 0.6 is 11.3 Å². The molecule has 3 aromatic rings. The Hall–Kier alpha value is -2.73. The lowest BCUT2D eigenvalue weighted by Gasteiger charge is -2.05. The first-order valence-corrected chi connectivity index (χ1v) is 8.44. The normalized spacial score (nSPS) is 10.5. The molecule has 0 aliphatic heterocycles. The molecule has 6 heteroatoms. The minimum absolute atomic E-state index is 0.168. The molecule has 0 saturated carbocycles. The Labute approximate surface area is 143 Å². The smallest absolute Gasteiger partial charge is 0.251 e. The second kappa shape index (κ2) is 7.23. The maximum atomic E-state index is 12.0. The quantitative estimate of drug-likeness (QED) is 0.749. The van der Waals surface area contributed by atoms with Crippen LogP contribution < -0.4 is 10.6 Å². The molecule has 2 amide bonds. The summed E-state index contributed by atoms with van der Waals surface area (Å²) < 4.78 is 1.03. The zero-order valence-electron chi connectivity index (χ0n) is 13.2. The second-order valence-corrected chi connectivity index (χ2v) is 6.44. The summed E-state index contributed by atoms with van der Waals surface area (Å²) in [5.74, 6) is -0.343. The predicted molar refractivity (Wildman–Crippen MR) is 96.4 cm³/mol. The molecule has 1 heterocycles. The molecule has 0 aliphatic carbocycles. The van der Waals surface area contributed by atoms with E-state index in [2.05, 4.69) is 15.6 Å². The third-order valence-corrected chi connectivity index (χ3v) is 4.41. The van der Waals surface area contributed by atoms with Gasteiger partial charge < -0.3 is 10.6 Å². The highest BCUT2D eigenvalue weighted by Crippen LogP contribution is 2.25. The zero-order chi connectivity index (χ0) is 16.9. The van der Waals surface area contributed by atoms with Crippen LogP contribution in [0.5, 0.6) is 0 Å². The van der Waals surface area contributed by atoms with E-state index >= 15 is 0 Å². The van der Waals surface area contributed by atoms with Crippen molar-refractivity contribution < 1.29 is 9.59 Å². The molecule has 0 atom stereocenters. The van der Waals surface area contributed by atoms with Gasteiger partial charge in [-0.05, 0) is 31.2 Å². The van der Waals surface area contributed by atoms with Gasteiger partial charge in [0, 0.05) is 18.5 Å². The minimum Gasteiger partial charge on any atom is -0.352 e. The molecule has 0 spiro atoms. The highest BCUT2D eigenvalue weighted by Gasteiger charge is 2.09. The number of thiazole rings is 1. The number of carbonyl (C=O) groups excluding carboxylic acids is 2. The molecule has 2 aromatic carbocycles. The summed E-state index contributed by atoms with van der Waals surface area (Å²) in [7, 11) is 0. The number of benzene rings is 2. The summed E-state index contributed by atoms with van der Waals surface area (Å²) in [6, 6.07) is 15.1. The molecule has 0 aliphatic rings. The Bertz CT molecular complexity index is 856. The van der Waals surface area contributed by atoms with Crippen molar-refractivity contribution in [2.24, 2.45) is 0 Å². The number of nitrogens with one attached hydrogen (secondary N) is 2. The third-order valence-electron chi connectivity index (χ3n) is 3.46. The van der Waals surface area contributed by atoms with Gasteiger partial charge in [0.15, 0.2) is 5.13 Å². The first kappa shape index (κ1) is 16.1. The molecule has 0 radical (unpaired) electrons. The molecule has 122 valence electrons. The van der Waals surface area contributed by atoms with Crippen LogP contribution in [0.4, 0.5) is 5.13 Å².